The summed E-state index contributed by atoms with van der Waals surface area (Å²) in [4.78, 5) is 16.1. The van der Waals surface area contributed by atoms with Crippen LogP contribution in [0.1, 0.15) is 6.92 Å². The van der Waals surface area contributed by atoms with Gasteiger partial charge in [0.2, 0.25) is 5.76 Å². The zero-order valence-corrected chi connectivity index (χ0v) is 12.1. The number of aliphatic hydroxyl groups excluding tert-OH is 2. The quantitative estimate of drug-likeness (QED) is 0.232. The van der Waals surface area contributed by atoms with Crippen LogP contribution < -0.4 is 0 Å². The van der Waals surface area contributed by atoms with Crippen molar-refractivity contribution >= 4 is 11.6 Å². The van der Waals surface area contributed by atoms with E-state index in [0.717, 1.165) is 6.92 Å². The van der Waals surface area contributed by atoms with Crippen LogP contribution in [0.4, 0.5) is 39.5 Å². The Hall–Kier alpha value is -1.69. The Bertz CT molecular complexity index is 496. The molecule has 0 rings (SSSR count). The van der Waals surface area contributed by atoms with E-state index in [9.17, 15) is 39.5 Å². The molecule has 0 aromatic carbocycles. The number of rotatable bonds is 2. The fourth-order valence-electron chi connectivity index (χ4n) is 0.573. The van der Waals surface area contributed by atoms with Crippen LogP contribution in [-0.2, 0) is 17.1 Å². The van der Waals surface area contributed by atoms with Gasteiger partial charge in [0.1, 0.15) is 0 Å². The first-order valence-corrected chi connectivity index (χ1v) is 5.00. The second-order valence-corrected chi connectivity index (χ2v) is 3.58. The SMILES string of the molecule is C/C(O)=C/C(=[OH+])C(F)(F)F.O/C(=C\C(=[OH+])C(F)(F)F)C(F)(F)F.[Cu]. The van der Waals surface area contributed by atoms with E-state index in [1.54, 1.807) is 0 Å². The molecule has 0 saturated carbocycles. The Labute approximate surface area is 138 Å². The molecule has 0 aromatic heterocycles. The van der Waals surface area contributed by atoms with Crippen LogP contribution in [0.3, 0.4) is 0 Å². The van der Waals surface area contributed by atoms with E-state index >= 15 is 0 Å². The summed E-state index contributed by atoms with van der Waals surface area (Å²) in [6, 6.07) is 0. The summed E-state index contributed by atoms with van der Waals surface area (Å²) in [7, 11) is 0. The minimum atomic E-state index is -5.31. The second kappa shape index (κ2) is 9.57. The standard InChI is InChI=1S/C5H2F6O2.C5H5F3O2.Cu/c6-4(7,8)2(12)1-3(13)5(9,10)11;1-3(9)2-4(10)5(6,7)8;/h1,12H;2,9H,1H3;/p+2/b2-1-;3-2-;. The van der Waals surface area contributed by atoms with Crippen molar-refractivity contribution in [2.45, 2.75) is 25.5 Å². The first kappa shape index (κ1) is 27.2. The minimum Gasteiger partial charge on any atom is -0.512 e. The summed E-state index contributed by atoms with van der Waals surface area (Å²) < 4.78 is 102. The number of hydrogen-bond donors (Lipinski definition) is 2. The van der Waals surface area contributed by atoms with Gasteiger partial charge >= 0.3 is 30.1 Å². The molecule has 4 nitrogen and oxygen atoms in total. The second-order valence-electron chi connectivity index (χ2n) is 3.58. The van der Waals surface area contributed by atoms with Crippen molar-refractivity contribution in [3.63, 3.8) is 0 Å². The Morgan fingerprint density at radius 3 is 1.17 bits per heavy atom. The largest absolute Gasteiger partial charge is 0.512 e. The molecule has 0 unspecified atom stereocenters. The number of hydrogen-bond acceptors (Lipinski definition) is 2. The van der Waals surface area contributed by atoms with Crippen molar-refractivity contribution in [1.82, 2.24) is 0 Å². The number of ketones is 2. The van der Waals surface area contributed by atoms with Crippen LogP contribution in [0.15, 0.2) is 23.7 Å². The van der Waals surface area contributed by atoms with E-state index in [4.69, 9.17) is 19.8 Å². The van der Waals surface area contributed by atoms with Gasteiger partial charge in [0, 0.05) is 17.1 Å². The molecule has 1 radical (unpaired) electrons. The molecule has 0 aliphatic rings. The Balaban J connectivity index is -0.000000364. The van der Waals surface area contributed by atoms with Gasteiger partial charge in [-0.15, -0.1) is 0 Å². The predicted octanol–water partition coefficient (Wildman–Crippen LogP) is 3.65. The molecule has 0 aliphatic heterocycles. The molecule has 0 bridgehead atoms. The van der Waals surface area contributed by atoms with Gasteiger partial charge in [-0.1, -0.05) is 0 Å². The average molecular weight is 428 g/mol. The Morgan fingerprint density at radius 1 is 0.708 bits per heavy atom. The summed E-state index contributed by atoms with van der Waals surface area (Å²) in [5, 5.41) is 16.2. The molecule has 0 saturated heterocycles. The topological polar surface area (TPSA) is 83.3 Å². The molecule has 14 heteroatoms. The van der Waals surface area contributed by atoms with Crippen molar-refractivity contribution in [3.8, 4) is 0 Å². The van der Waals surface area contributed by atoms with Crippen LogP contribution >= 0.6 is 0 Å². The summed E-state index contributed by atoms with van der Waals surface area (Å²) in [5.41, 5.74) is 0. The van der Waals surface area contributed by atoms with Gasteiger partial charge in [0.05, 0.1) is 17.9 Å². The average Bonchev–Trinajstić information content (AvgIpc) is 2.24. The molecule has 0 heterocycles. The van der Waals surface area contributed by atoms with E-state index < -0.39 is 47.7 Å². The van der Waals surface area contributed by atoms with E-state index in [1.807, 2.05) is 0 Å². The van der Waals surface area contributed by atoms with Gasteiger partial charge in [-0.2, -0.15) is 39.5 Å². The number of aliphatic hydroxyl groups is 2. The molecule has 24 heavy (non-hydrogen) atoms. The molecule has 0 atom stereocenters. The fourth-order valence-corrected chi connectivity index (χ4v) is 0.573. The molecule has 0 aromatic rings. The van der Waals surface area contributed by atoms with Gasteiger partial charge < -0.3 is 10.2 Å². The third-order valence-electron chi connectivity index (χ3n) is 1.49. The van der Waals surface area contributed by atoms with E-state index in [-0.39, 0.29) is 23.1 Å². The van der Waals surface area contributed by atoms with Gasteiger partial charge in [-0.05, 0) is 6.92 Å². The van der Waals surface area contributed by atoms with Crippen LogP contribution in [0.2, 0.25) is 0 Å². The fraction of sp³-hybridized carbons (Fsp3) is 0.400. The normalized spacial score (nSPS) is 13.4. The summed E-state index contributed by atoms with van der Waals surface area (Å²) >= 11 is 0. The zero-order chi connectivity index (χ0) is 19.2. The van der Waals surface area contributed by atoms with E-state index in [0.29, 0.717) is 0 Å². The minimum absolute atomic E-state index is 0. The number of allylic oxidation sites excluding steroid dienone is 4. The molecule has 0 spiro atoms. The molecule has 0 aliphatic carbocycles. The first-order valence-electron chi connectivity index (χ1n) is 5.00. The predicted molar refractivity (Wildman–Crippen MR) is 59.1 cm³/mol. The summed E-state index contributed by atoms with van der Waals surface area (Å²) in [6.45, 7) is 1.03. The van der Waals surface area contributed by atoms with E-state index in [1.165, 1.54) is 0 Å². The summed E-state index contributed by atoms with van der Waals surface area (Å²) in [5.74, 6) is -7.41. The number of halogens is 9. The molecule has 0 fully saturated rings. The zero-order valence-electron chi connectivity index (χ0n) is 11.1. The van der Waals surface area contributed by atoms with Crippen LogP contribution in [0.5, 0.6) is 0 Å². The van der Waals surface area contributed by atoms with Crippen molar-refractivity contribution < 1.29 is 76.4 Å². The maximum Gasteiger partial charge on any atom is 0.509 e. The van der Waals surface area contributed by atoms with Crippen LogP contribution in [0.25, 0.3) is 0 Å². The Morgan fingerprint density at radius 2 is 1.00 bits per heavy atom. The monoisotopic (exact) mass is 427 g/mol. The molecular weight excluding hydrogens is 419 g/mol. The van der Waals surface area contributed by atoms with Gasteiger partial charge in [0.25, 0.3) is 0 Å². The Kier molecular flexibility index (Phi) is 10.8. The molecule has 4 N–H and O–H groups in total. The van der Waals surface area contributed by atoms with Crippen molar-refractivity contribution in [2.75, 3.05) is 0 Å². The molecular formula is C10H9CuF9O4+2. The van der Waals surface area contributed by atoms with Crippen molar-refractivity contribution in [1.29, 1.82) is 0 Å². The molecule has 145 valence electrons. The number of alkyl halides is 9. The van der Waals surface area contributed by atoms with E-state index in [2.05, 4.69) is 0 Å². The maximum atomic E-state index is 11.4. The van der Waals surface area contributed by atoms with Gasteiger partial charge in [-0.25, -0.2) is 0 Å². The van der Waals surface area contributed by atoms with Crippen molar-refractivity contribution in [2.24, 2.45) is 0 Å². The van der Waals surface area contributed by atoms with Crippen LogP contribution in [-0.4, -0.2) is 49.9 Å². The van der Waals surface area contributed by atoms with Crippen LogP contribution in [0, 0.1) is 0 Å². The third-order valence-corrected chi connectivity index (χ3v) is 1.49. The first-order chi connectivity index (χ1) is 9.89. The molecule has 0 amide bonds. The number of carbonyl (C=O) groups excluding carboxylic acids is 2. The smallest absolute Gasteiger partial charge is 0.509 e. The maximum absolute atomic E-state index is 11.4. The third kappa shape index (κ3) is 12.8. The summed E-state index contributed by atoms with van der Waals surface area (Å²) in [6.07, 6.45) is -16.0. The van der Waals surface area contributed by atoms with Gasteiger partial charge in [-0.3, -0.25) is 9.59 Å². The van der Waals surface area contributed by atoms with Gasteiger partial charge in [0.15, 0.2) is 0 Å². The van der Waals surface area contributed by atoms with Crippen molar-refractivity contribution in [3.05, 3.63) is 23.7 Å².